The van der Waals surface area contributed by atoms with Crippen molar-refractivity contribution in [3.63, 3.8) is 0 Å². The Morgan fingerprint density at radius 1 is 1.00 bits per heavy atom. The lowest BCUT2D eigenvalue weighted by molar-refractivity contribution is -0.144. The molecule has 8 nitrogen and oxygen atoms in total. The Kier molecular flexibility index (Phi) is 12.1. The second-order valence-corrected chi connectivity index (χ2v) is 7.31. The molecule has 0 bridgehead atoms. The Morgan fingerprint density at radius 2 is 1.67 bits per heavy atom. The van der Waals surface area contributed by atoms with E-state index in [-0.39, 0.29) is 43.8 Å². The molecule has 0 rings (SSSR count). The molecule has 27 heavy (non-hydrogen) atoms. The summed E-state index contributed by atoms with van der Waals surface area (Å²) in [5.41, 5.74) is -0.528. The number of nitrogens with one attached hydrogen (secondary N) is 1. The summed E-state index contributed by atoms with van der Waals surface area (Å²) in [7, 11) is 0. The van der Waals surface area contributed by atoms with Crippen molar-refractivity contribution in [2.24, 2.45) is 0 Å². The summed E-state index contributed by atoms with van der Waals surface area (Å²) in [6, 6.07) is 0. The third kappa shape index (κ3) is 14.7. The Balaban J connectivity index is 4.10. The number of unbranched alkanes of at least 4 members (excludes halogenated alkanes) is 2. The molecular formula is C19H34N2O6. The predicted molar refractivity (Wildman–Crippen MR) is 101 cm³/mol. The first-order valence-electron chi connectivity index (χ1n) is 9.44. The highest BCUT2D eigenvalue weighted by atomic mass is 16.6. The van der Waals surface area contributed by atoms with E-state index in [0.717, 1.165) is 12.8 Å². The SMILES string of the molecule is CCOC(=O)CCN(CC(C)=O)C(=O)CCCCCNC(=O)OC(C)(C)C. The number of amides is 2. The van der Waals surface area contributed by atoms with Crippen molar-refractivity contribution in [1.82, 2.24) is 10.2 Å². The van der Waals surface area contributed by atoms with E-state index in [1.165, 1.54) is 11.8 Å². The fourth-order valence-electron chi connectivity index (χ4n) is 2.26. The van der Waals surface area contributed by atoms with Crippen LogP contribution in [0.1, 0.15) is 66.7 Å². The summed E-state index contributed by atoms with van der Waals surface area (Å²) in [5, 5.41) is 2.67. The van der Waals surface area contributed by atoms with Crippen molar-refractivity contribution < 1.29 is 28.7 Å². The monoisotopic (exact) mass is 386 g/mol. The molecule has 8 heteroatoms. The summed E-state index contributed by atoms with van der Waals surface area (Å²) in [6.45, 7) is 9.46. The molecule has 2 amide bonds. The highest BCUT2D eigenvalue weighted by Crippen LogP contribution is 2.07. The number of hydrogen-bond acceptors (Lipinski definition) is 6. The Bertz CT molecular complexity index is 499. The van der Waals surface area contributed by atoms with Gasteiger partial charge in [0.15, 0.2) is 0 Å². The largest absolute Gasteiger partial charge is 0.466 e. The second kappa shape index (κ2) is 13.1. The Morgan fingerprint density at radius 3 is 2.22 bits per heavy atom. The number of Topliss-reactive ketones (excluding diaryl/α,β-unsaturated/α-hetero) is 1. The van der Waals surface area contributed by atoms with E-state index in [0.29, 0.717) is 19.4 Å². The van der Waals surface area contributed by atoms with Crippen LogP contribution in [0, 0.1) is 0 Å². The average molecular weight is 386 g/mol. The van der Waals surface area contributed by atoms with Crippen molar-refractivity contribution in [3.8, 4) is 0 Å². The standard InChI is InChI=1S/C19H34N2O6/c1-6-26-17(24)11-13-21(14-15(2)22)16(23)10-8-7-9-12-20-18(25)27-19(3,4)5/h6-14H2,1-5H3,(H,20,25). The number of carbonyl (C=O) groups is 4. The molecule has 0 atom stereocenters. The van der Waals surface area contributed by atoms with Gasteiger partial charge in [-0.25, -0.2) is 4.79 Å². The zero-order valence-corrected chi connectivity index (χ0v) is 17.3. The van der Waals surface area contributed by atoms with Crippen LogP contribution in [0.15, 0.2) is 0 Å². The van der Waals surface area contributed by atoms with Gasteiger partial charge in [-0.3, -0.25) is 14.4 Å². The van der Waals surface area contributed by atoms with Gasteiger partial charge in [0.1, 0.15) is 11.4 Å². The molecule has 0 aromatic rings. The molecule has 0 heterocycles. The molecule has 0 aliphatic heterocycles. The van der Waals surface area contributed by atoms with Gasteiger partial charge >= 0.3 is 12.1 Å². The number of ketones is 1. The van der Waals surface area contributed by atoms with Gasteiger partial charge in [-0.1, -0.05) is 6.42 Å². The number of esters is 1. The summed E-state index contributed by atoms with van der Waals surface area (Å²) < 4.78 is 9.98. The lowest BCUT2D eigenvalue weighted by Gasteiger charge is -2.21. The zero-order chi connectivity index (χ0) is 20.9. The Labute approximate surface area is 161 Å². The first kappa shape index (κ1) is 24.9. The molecule has 0 radical (unpaired) electrons. The summed E-state index contributed by atoms with van der Waals surface area (Å²) in [6.07, 6.45) is 2.04. The van der Waals surface area contributed by atoms with Gasteiger partial charge < -0.3 is 19.7 Å². The molecule has 0 aromatic carbocycles. The maximum atomic E-state index is 12.3. The van der Waals surface area contributed by atoms with E-state index in [4.69, 9.17) is 9.47 Å². The van der Waals surface area contributed by atoms with Crippen LogP contribution in [-0.4, -0.2) is 60.5 Å². The average Bonchev–Trinajstić information content (AvgIpc) is 2.52. The zero-order valence-electron chi connectivity index (χ0n) is 17.3. The topological polar surface area (TPSA) is 102 Å². The summed E-state index contributed by atoms with van der Waals surface area (Å²) in [4.78, 5) is 48.0. The van der Waals surface area contributed by atoms with E-state index >= 15 is 0 Å². The van der Waals surface area contributed by atoms with E-state index in [9.17, 15) is 19.2 Å². The van der Waals surface area contributed by atoms with Gasteiger partial charge in [-0.15, -0.1) is 0 Å². The van der Waals surface area contributed by atoms with Crippen molar-refractivity contribution in [3.05, 3.63) is 0 Å². The third-order valence-corrected chi connectivity index (χ3v) is 3.39. The molecule has 0 aliphatic carbocycles. The summed E-state index contributed by atoms with van der Waals surface area (Å²) in [5.74, 6) is -0.671. The number of ether oxygens (including phenoxy) is 2. The van der Waals surface area contributed by atoms with Gasteiger partial charge in [0, 0.05) is 19.5 Å². The van der Waals surface area contributed by atoms with Crippen LogP contribution in [0.5, 0.6) is 0 Å². The second-order valence-electron chi connectivity index (χ2n) is 7.31. The van der Waals surface area contributed by atoms with Crippen LogP contribution in [-0.2, 0) is 23.9 Å². The molecule has 0 aromatic heterocycles. The fourth-order valence-corrected chi connectivity index (χ4v) is 2.26. The normalized spacial score (nSPS) is 10.9. The fraction of sp³-hybridized carbons (Fsp3) is 0.789. The highest BCUT2D eigenvalue weighted by Gasteiger charge is 2.17. The predicted octanol–water partition coefficient (Wildman–Crippen LogP) is 2.44. The quantitative estimate of drug-likeness (QED) is 0.408. The van der Waals surface area contributed by atoms with E-state index in [1.54, 1.807) is 27.7 Å². The van der Waals surface area contributed by atoms with Crippen LogP contribution in [0.2, 0.25) is 0 Å². The molecule has 0 aliphatic rings. The number of carbonyl (C=O) groups excluding carboxylic acids is 4. The van der Waals surface area contributed by atoms with Crippen molar-refractivity contribution in [2.75, 3.05) is 26.2 Å². The van der Waals surface area contributed by atoms with Crippen LogP contribution in [0.4, 0.5) is 4.79 Å². The number of alkyl carbamates (subject to hydrolysis) is 1. The maximum absolute atomic E-state index is 12.3. The minimum absolute atomic E-state index is 0.00155. The van der Waals surface area contributed by atoms with Crippen molar-refractivity contribution >= 4 is 23.8 Å². The minimum Gasteiger partial charge on any atom is -0.466 e. The smallest absolute Gasteiger partial charge is 0.407 e. The number of nitrogens with zero attached hydrogens (tertiary/aromatic N) is 1. The summed E-state index contributed by atoms with van der Waals surface area (Å²) >= 11 is 0. The molecule has 0 saturated heterocycles. The van der Waals surface area contributed by atoms with Crippen LogP contribution >= 0.6 is 0 Å². The highest BCUT2D eigenvalue weighted by molar-refractivity contribution is 5.85. The number of rotatable bonds is 12. The molecule has 156 valence electrons. The van der Waals surface area contributed by atoms with E-state index in [2.05, 4.69) is 5.32 Å². The first-order chi connectivity index (χ1) is 12.5. The van der Waals surface area contributed by atoms with E-state index in [1.807, 2.05) is 0 Å². The Hall–Kier alpha value is -2.12. The molecule has 0 unspecified atom stereocenters. The van der Waals surface area contributed by atoms with Gasteiger partial charge in [-0.2, -0.15) is 0 Å². The van der Waals surface area contributed by atoms with Crippen LogP contribution in [0.3, 0.4) is 0 Å². The van der Waals surface area contributed by atoms with Gasteiger partial charge in [0.2, 0.25) is 5.91 Å². The van der Waals surface area contributed by atoms with Gasteiger partial charge in [0.25, 0.3) is 0 Å². The number of hydrogen-bond donors (Lipinski definition) is 1. The van der Waals surface area contributed by atoms with Gasteiger partial charge in [0.05, 0.1) is 19.6 Å². The third-order valence-electron chi connectivity index (χ3n) is 3.39. The molecule has 1 N–H and O–H groups in total. The first-order valence-corrected chi connectivity index (χ1v) is 9.44. The van der Waals surface area contributed by atoms with Crippen molar-refractivity contribution in [2.45, 2.75) is 72.3 Å². The lowest BCUT2D eigenvalue weighted by atomic mass is 10.1. The maximum Gasteiger partial charge on any atom is 0.407 e. The molecule has 0 fully saturated rings. The molecule has 0 saturated carbocycles. The van der Waals surface area contributed by atoms with Crippen LogP contribution in [0.25, 0.3) is 0 Å². The minimum atomic E-state index is -0.528. The molecular weight excluding hydrogens is 352 g/mol. The lowest BCUT2D eigenvalue weighted by Crippen LogP contribution is -2.36. The van der Waals surface area contributed by atoms with E-state index < -0.39 is 11.7 Å². The van der Waals surface area contributed by atoms with Crippen LogP contribution < -0.4 is 5.32 Å². The van der Waals surface area contributed by atoms with Crippen molar-refractivity contribution in [1.29, 1.82) is 0 Å². The van der Waals surface area contributed by atoms with Gasteiger partial charge in [-0.05, 0) is 47.5 Å². The molecule has 0 spiro atoms.